The van der Waals surface area contributed by atoms with Gasteiger partial charge >= 0.3 is 0 Å². The molecule has 0 saturated carbocycles. The first kappa shape index (κ1) is 17.9. The number of hydrogen-bond acceptors (Lipinski definition) is 5. The predicted octanol–water partition coefficient (Wildman–Crippen LogP) is 2.91. The second-order valence-electron chi connectivity index (χ2n) is 5.07. The van der Waals surface area contributed by atoms with Crippen LogP contribution in [0.2, 0.25) is 0 Å². The highest BCUT2D eigenvalue weighted by atomic mass is 32.2. The highest BCUT2D eigenvalue weighted by Gasteiger charge is 2.19. The molecule has 0 unspecified atom stereocenters. The molecular formula is C16H21NO4S2. The Morgan fingerprint density at radius 1 is 1.35 bits per heavy atom. The molecule has 0 aliphatic rings. The van der Waals surface area contributed by atoms with Crippen LogP contribution in [0.3, 0.4) is 0 Å². The van der Waals surface area contributed by atoms with Crippen LogP contribution >= 0.6 is 11.3 Å². The van der Waals surface area contributed by atoms with Crippen molar-refractivity contribution in [2.24, 2.45) is 0 Å². The quantitative estimate of drug-likeness (QED) is 0.415. The molecule has 5 nitrogen and oxygen atoms in total. The van der Waals surface area contributed by atoms with Gasteiger partial charge in [-0.1, -0.05) is 30.4 Å². The van der Waals surface area contributed by atoms with E-state index in [0.29, 0.717) is 19.6 Å². The third-order valence-corrected chi connectivity index (χ3v) is 5.28. The van der Waals surface area contributed by atoms with Crippen LogP contribution in [0.15, 0.2) is 30.0 Å². The van der Waals surface area contributed by atoms with Crippen molar-refractivity contribution < 1.29 is 22.3 Å². The highest BCUT2D eigenvalue weighted by Crippen LogP contribution is 2.23. The fourth-order valence-corrected chi connectivity index (χ4v) is 3.99. The lowest BCUT2D eigenvalue weighted by atomic mass is 10.3. The van der Waals surface area contributed by atoms with Gasteiger partial charge in [-0.05, 0) is 13.0 Å². The van der Waals surface area contributed by atoms with E-state index in [4.69, 9.17) is 4.74 Å². The summed E-state index contributed by atoms with van der Waals surface area (Å²) >= 11 is 1.63. The third-order valence-electron chi connectivity index (χ3n) is 3.38. The number of allylic oxidation sites excluding steroid dienone is 1. The first-order valence-corrected chi connectivity index (χ1v) is 10.0. The Bertz CT molecular complexity index is 794. The highest BCUT2D eigenvalue weighted by molar-refractivity contribution is 7.85. The summed E-state index contributed by atoms with van der Waals surface area (Å²) in [5, 5.41) is 1.000. The Morgan fingerprint density at radius 3 is 2.74 bits per heavy atom. The second kappa shape index (κ2) is 7.90. The number of aromatic nitrogens is 1. The van der Waals surface area contributed by atoms with Gasteiger partial charge in [-0.3, -0.25) is 0 Å². The van der Waals surface area contributed by atoms with Crippen LogP contribution in [0.4, 0.5) is 0 Å². The molecule has 0 saturated heterocycles. The molecular weight excluding hydrogens is 334 g/mol. The Labute approximate surface area is 141 Å². The van der Waals surface area contributed by atoms with E-state index in [-0.39, 0.29) is 5.75 Å². The molecule has 0 N–H and O–H groups in total. The molecule has 0 fully saturated rings. The fourth-order valence-electron chi connectivity index (χ4n) is 2.36. The van der Waals surface area contributed by atoms with Crippen molar-refractivity contribution in [3.05, 3.63) is 35.0 Å². The molecule has 2 aromatic rings. The maximum atomic E-state index is 10.8. The van der Waals surface area contributed by atoms with Gasteiger partial charge in [-0.15, -0.1) is 0 Å². The Kier molecular flexibility index (Phi) is 6.15. The molecule has 0 aliphatic carbocycles. The minimum atomic E-state index is -4.18. The normalized spacial score (nSPS) is 12.7. The van der Waals surface area contributed by atoms with Crippen LogP contribution in [0.1, 0.15) is 31.7 Å². The molecule has 0 atom stereocenters. The molecule has 0 radical (unpaired) electrons. The summed E-state index contributed by atoms with van der Waals surface area (Å²) in [6, 6.07) is 7.96. The molecule has 0 spiro atoms. The first-order valence-electron chi connectivity index (χ1n) is 7.63. The maximum absolute atomic E-state index is 10.8. The van der Waals surface area contributed by atoms with Crippen LogP contribution < -0.4 is 4.57 Å². The van der Waals surface area contributed by atoms with Crippen molar-refractivity contribution in [1.29, 1.82) is 0 Å². The predicted molar refractivity (Wildman–Crippen MR) is 91.1 cm³/mol. The minimum absolute atomic E-state index is 0.300. The van der Waals surface area contributed by atoms with E-state index in [2.05, 4.69) is 4.57 Å². The van der Waals surface area contributed by atoms with Gasteiger partial charge in [-0.25, -0.2) is 8.42 Å². The van der Waals surface area contributed by atoms with Crippen LogP contribution in [0.25, 0.3) is 16.3 Å². The Morgan fingerprint density at radius 2 is 2.09 bits per heavy atom. The van der Waals surface area contributed by atoms with Gasteiger partial charge in [0.15, 0.2) is 6.54 Å². The average Bonchev–Trinajstić information content (AvgIpc) is 2.83. The number of hydrogen-bond donors (Lipinski definition) is 0. The zero-order valence-corrected chi connectivity index (χ0v) is 15.0. The van der Waals surface area contributed by atoms with Crippen molar-refractivity contribution in [3.8, 4) is 0 Å². The fraction of sp³-hybridized carbons (Fsp3) is 0.438. The van der Waals surface area contributed by atoms with Crippen LogP contribution in [0, 0.1) is 0 Å². The van der Waals surface area contributed by atoms with E-state index in [1.807, 2.05) is 44.2 Å². The SMILES string of the molecule is CCOC(=Cc1sc2ccccc2[n+]1CCCS(=O)(=O)[O-])CC. The monoisotopic (exact) mass is 355 g/mol. The van der Waals surface area contributed by atoms with Gasteiger partial charge in [0, 0.05) is 24.7 Å². The zero-order valence-electron chi connectivity index (χ0n) is 13.3. The maximum Gasteiger partial charge on any atom is 0.266 e. The lowest BCUT2D eigenvalue weighted by Gasteiger charge is -2.05. The number of ether oxygens (including phenoxy) is 1. The third kappa shape index (κ3) is 5.02. The smallest absolute Gasteiger partial charge is 0.266 e. The van der Waals surface area contributed by atoms with Crippen LogP contribution in [-0.2, 0) is 21.4 Å². The van der Waals surface area contributed by atoms with E-state index < -0.39 is 10.1 Å². The Balaban J connectivity index is 2.37. The topological polar surface area (TPSA) is 70.3 Å². The molecule has 2 rings (SSSR count). The van der Waals surface area contributed by atoms with E-state index >= 15 is 0 Å². The minimum Gasteiger partial charge on any atom is -0.748 e. The number of fused-ring (bicyclic) bond motifs is 1. The molecule has 7 heteroatoms. The van der Waals surface area contributed by atoms with Crippen molar-refractivity contribution >= 4 is 37.7 Å². The molecule has 0 amide bonds. The van der Waals surface area contributed by atoms with E-state index in [1.54, 1.807) is 11.3 Å². The Hall–Kier alpha value is -1.44. The summed E-state index contributed by atoms with van der Waals surface area (Å²) in [6.07, 6.45) is 3.09. The first-order chi connectivity index (χ1) is 10.9. The van der Waals surface area contributed by atoms with Crippen molar-refractivity contribution in [2.75, 3.05) is 12.4 Å². The van der Waals surface area contributed by atoms with E-state index in [0.717, 1.165) is 27.4 Å². The van der Waals surface area contributed by atoms with Crippen molar-refractivity contribution in [1.82, 2.24) is 0 Å². The van der Waals surface area contributed by atoms with Gasteiger partial charge in [0.25, 0.3) is 5.01 Å². The van der Waals surface area contributed by atoms with Gasteiger partial charge in [0.05, 0.1) is 22.8 Å². The van der Waals surface area contributed by atoms with Gasteiger partial charge in [0.2, 0.25) is 5.52 Å². The van der Waals surface area contributed by atoms with Gasteiger partial charge < -0.3 is 9.29 Å². The molecule has 1 aromatic carbocycles. The molecule has 0 aliphatic heterocycles. The lowest BCUT2D eigenvalue weighted by Crippen LogP contribution is -2.36. The number of thiazole rings is 1. The molecule has 1 heterocycles. The largest absolute Gasteiger partial charge is 0.748 e. The molecule has 1 aromatic heterocycles. The average molecular weight is 355 g/mol. The number of aryl methyl sites for hydroxylation is 1. The van der Waals surface area contributed by atoms with Gasteiger partial charge in [-0.2, -0.15) is 4.57 Å². The lowest BCUT2D eigenvalue weighted by molar-refractivity contribution is -0.668. The second-order valence-corrected chi connectivity index (χ2v) is 7.66. The summed E-state index contributed by atoms with van der Waals surface area (Å²) in [5.74, 6) is 0.545. The standard InChI is InChI=1S/C16H21NO4S2/c1-3-13(21-4-2)12-16-17(10-7-11-23(18,19)20)14-8-5-6-9-15(14)22-16/h5-6,8-9,12H,3-4,7,10-11H2,1-2H3. The molecule has 0 bridgehead atoms. The van der Waals surface area contributed by atoms with E-state index in [9.17, 15) is 13.0 Å². The summed E-state index contributed by atoms with van der Waals surface area (Å²) < 4.78 is 41.3. The van der Waals surface area contributed by atoms with Crippen molar-refractivity contribution in [2.45, 2.75) is 33.2 Å². The molecule has 126 valence electrons. The van der Waals surface area contributed by atoms with Crippen molar-refractivity contribution in [3.63, 3.8) is 0 Å². The zero-order chi connectivity index (χ0) is 16.9. The van der Waals surface area contributed by atoms with E-state index in [1.165, 1.54) is 0 Å². The van der Waals surface area contributed by atoms with Gasteiger partial charge in [0.1, 0.15) is 10.5 Å². The number of nitrogens with zero attached hydrogens (tertiary/aromatic N) is 1. The number of para-hydroxylation sites is 1. The summed E-state index contributed by atoms with van der Waals surface area (Å²) in [6.45, 7) is 5.07. The molecule has 23 heavy (non-hydrogen) atoms. The number of rotatable bonds is 8. The summed E-state index contributed by atoms with van der Waals surface area (Å²) in [4.78, 5) is 0. The summed E-state index contributed by atoms with van der Waals surface area (Å²) in [5.41, 5.74) is 1.04. The number of benzene rings is 1. The summed E-state index contributed by atoms with van der Waals surface area (Å²) in [7, 11) is -4.18. The van der Waals surface area contributed by atoms with Crippen LogP contribution in [-0.4, -0.2) is 25.3 Å². The van der Waals surface area contributed by atoms with Crippen LogP contribution in [0.5, 0.6) is 0 Å².